The Morgan fingerprint density at radius 3 is 2.65 bits per heavy atom. The van der Waals surface area contributed by atoms with Crippen molar-refractivity contribution >= 4 is 17.2 Å². The highest BCUT2D eigenvalue weighted by Crippen LogP contribution is 2.23. The minimum atomic E-state index is 0.133. The van der Waals surface area contributed by atoms with Gasteiger partial charge in [0.05, 0.1) is 11.2 Å². The number of aryl methyl sites for hydroxylation is 1. The monoisotopic (exact) mass is 253 g/mol. The van der Waals surface area contributed by atoms with E-state index < -0.39 is 0 Å². The number of carbonyl (C=O) groups is 1. The number of amides is 1. The van der Waals surface area contributed by atoms with Crippen LogP contribution in [0.3, 0.4) is 0 Å². The lowest BCUT2D eigenvalue weighted by atomic mass is 9.90. The van der Waals surface area contributed by atoms with Crippen LogP contribution in [0.4, 0.5) is 0 Å². The molecule has 0 unspecified atom stereocenters. The van der Waals surface area contributed by atoms with Crippen LogP contribution in [0.25, 0.3) is 0 Å². The van der Waals surface area contributed by atoms with Crippen molar-refractivity contribution in [2.24, 2.45) is 0 Å². The first-order valence-electron chi connectivity index (χ1n) is 5.95. The van der Waals surface area contributed by atoms with E-state index in [0.29, 0.717) is 0 Å². The number of aromatic nitrogens is 1. The summed E-state index contributed by atoms with van der Waals surface area (Å²) in [4.78, 5) is 19.0. The van der Waals surface area contributed by atoms with E-state index in [-0.39, 0.29) is 11.4 Å². The molecule has 0 radical (unpaired) electrons. The number of hydrogen-bond donors (Lipinski definition) is 1. The summed E-state index contributed by atoms with van der Waals surface area (Å²) >= 11 is 1.48. The molecule has 0 aromatic carbocycles. The molecule has 2 rings (SSSR count). The van der Waals surface area contributed by atoms with Crippen molar-refractivity contribution in [2.75, 3.05) is 20.1 Å². The zero-order chi connectivity index (χ0) is 12.5. The molecule has 1 aromatic heterocycles. The molecule has 0 atom stereocenters. The Kier molecular flexibility index (Phi) is 3.49. The van der Waals surface area contributed by atoms with Gasteiger partial charge in [-0.15, -0.1) is 11.3 Å². The van der Waals surface area contributed by atoms with E-state index >= 15 is 0 Å². The Balaban J connectivity index is 1.99. The fourth-order valence-corrected chi connectivity index (χ4v) is 2.81. The predicted molar refractivity (Wildman–Crippen MR) is 69.5 cm³/mol. The fraction of sp³-hybridized carbons (Fsp3) is 0.667. The van der Waals surface area contributed by atoms with Gasteiger partial charge in [-0.3, -0.25) is 4.79 Å². The van der Waals surface area contributed by atoms with E-state index in [1.165, 1.54) is 11.3 Å². The average molecular weight is 253 g/mol. The van der Waals surface area contributed by atoms with Gasteiger partial charge in [0.2, 0.25) is 0 Å². The van der Waals surface area contributed by atoms with Crippen molar-refractivity contribution in [3.05, 3.63) is 16.1 Å². The molecule has 0 bridgehead atoms. The Hall–Kier alpha value is -0.940. The van der Waals surface area contributed by atoms with Gasteiger partial charge in [-0.2, -0.15) is 0 Å². The van der Waals surface area contributed by atoms with E-state index in [0.717, 1.165) is 35.8 Å². The first-order valence-corrected chi connectivity index (χ1v) is 6.76. The number of rotatable bonds is 2. The maximum absolute atomic E-state index is 12.2. The number of piperidine rings is 1. The molecule has 94 valence electrons. The summed E-state index contributed by atoms with van der Waals surface area (Å²) in [6.45, 7) is 5.79. The van der Waals surface area contributed by atoms with Crippen molar-refractivity contribution in [3.8, 4) is 0 Å². The predicted octanol–water partition coefficient (Wildman–Crippen LogP) is 1.67. The number of nitrogens with one attached hydrogen (secondary N) is 1. The van der Waals surface area contributed by atoms with Gasteiger partial charge in [0, 0.05) is 18.6 Å². The Morgan fingerprint density at radius 2 is 2.18 bits per heavy atom. The van der Waals surface area contributed by atoms with Gasteiger partial charge < -0.3 is 10.2 Å². The minimum absolute atomic E-state index is 0.133. The normalized spacial score (nSPS) is 19.4. The first-order chi connectivity index (χ1) is 8.04. The van der Waals surface area contributed by atoms with Gasteiger partial charge in [-0.25, -0.2) is 4.98 Å². The third-order valence-electron chi connectivity index (χ3n) is 3.59. The molecule has 0 spiro atoms. The van der Waals surface area contributed by atoms with Crippen LogP contribution in [-0.4, -0.2) is 41.5 Å². The smallest absolute Gasteiger partial charge is 0.265 e. The highest BCUT2D eigenvalue weighted by atomic mass is 32.1. The van der Waals surface area contributed by atoms with Gasteiger partial charge in [0.15, 0.2) is 0 Å². The van der Waals surface area contributed by atoms with E-state index in [1.807, 2.05) is 18.9 Å². The fourth-order valence-electron chi connectivity index (χ4n) is 2.07. The molecule has 1 N–H and O–H groups in total. The van der Waals surface area contributed by atoms with Crippen LogP contribution >= 0.6 is 11.3 Å². The van der Waals surface area contributed by atoms with Crippen LogP contribution in [0, 0.1) is 6.92 Å². The zero-order valence-electron chi connectivity index (χ0n) is 10.6. The van der Waals surface area contributed by atoms with Gasteiger partial charge >= 0.3 is 0 Å². The lowest BCUT2D eigenvalue weighted by Gasteiger charge is -2.39. The van der Waals surface area contributed by atoms with E-state index in [2.05, 4.69) is 17.2 Å². The second-order valence-electron chi connectivity index (χ2n) is 4.85. The summed E-state index contributed by atoms with van der Waals surface area (Å²) in [6.07, 6.45) is 3.70. The van der Waals surface area contributed by atoms with Crippen LogP contribution in [0.5, 0.6) is 0 Å². The van der Waals surface area contributed by atoms with Crippen molar-refractivity contribution in [2.45, 2.75) is 32.2 Å². The molecule has 0 aliphatic carbocycles. The molecule has 17 heavy (non-hydrogen) atoms. The summed E-state index contributed by atoms with van der Waals surface area (Å²) in [5.74, 6) is 0.133. The second kappa shape index (κ2) is 4.74. The van der Waals surface area contributed by atoms with Crippen LogP contribution in [0.15, 0.2) is 6.20 Å². The van der Waals surface area contributed by atoms with Crippen molar-refractivity contribution in [1.29, 1.82) is 0 Å². The highest BCUT2D eigenvalue weighted by Gasteiger charge is 2.31. The number of carbonyl (C=O) groups excluding carboxylic acids is 1. The second-order valence-corrected chi connectivity index (χ2v) is 6.08. The standard InChI is InChI=1S/C12H19N3OS/c1-9-14-8-10(17-9)11(16)15-6-4-12(2,13-3)5-7-15/h8,13H,4-7H2,1-3H3. The number of thiazole rings is 1. The lowest BCUT2D eigenvalue weighted by Crippen LogP contribution is -2.51. The zero-order valence-corrected chi connectivity index (χ0v) is 11.4. The molecule has 1 amide bonds. The summed E-state index contributed by atoms with van der Waals surface area (Å²) in [7, 11) is 1.99. The highest BCUT2D eigenvalue weighted by molar-refractivity contribution is 7.13. The number of nitrogens with zero attached hydrogens (tertiary/aromatic N) is 2. The first kappa shape index (κ1) is 12.5. The molecule has 0 saturated carbocycles. The Bertz CT molecular complexity index is 408. The van der Waals surface area contributed by atoms with Crippen LogP contribution in [0.1, 0.15) is 34.4 Å². The quantitative estimate of drug-likeness (QED) is 0.872. The van der Waals surface area contributed by atoms with Gasteiger partial charge in [0.25, 0.3) is 5.91 Å². The minimum Gasteiger partial charge on any atom is -0.338 e. The van der Waals surface area contributed by atoms with E-state index in [9.17, 15) is 4.79 Å². The molecular weight excluding hydrogens is 234 g/mol. The molecule has 2 heterocycles. The summed E-state index contributed by atoms with van der Waals surface area (Å²) in [6, 6.07) is 0. The van der Waals surface area contributed by atoms with Crippen LogP contribution < -0.4 is 5.32 Å². The van der Waals surface area contributed by atoms with Gasteiger partial charge in [-0.05, 0) is 33.7 Å². The topological polar surface area (TPSA) is 45.2 Å². The third kappa shape index (κ3) is 2.66. The Labute approximate surface area is 106 Å². The molecule has 1 saturated heterocycles. The van der Waals surface area contributed by atoms with Gasteiger partial charge in [-0.1, -0.05) is 0 Å². The molecule has 4 nitrogen and oxygen atoms in total. The van der Waals surface area contributed by atoms with Crippen LogP contribution in [0.2, 0.25) is 0 Å². The van der Waals surface area contributed by atoms with Crippen LogP contribution in [-0.2, 0) is 0 Å². The largest absolute Gasteiger partial charge is 0.338 e. The van der Waals surface area contributed by atoms with E-state index in [1.54, 1.807) is 6.20 Å². The van der Waals surface area contributed by atoms with E-state index in [4.69, 9.17) is 0 Å². The molecule has 1 fully saturated rings. The summed E-state index contributed by atoms with van der Waals surface area (Å²) in [5.41, 5.74) is 0.181. The number of likely N-dealkylation sites (tertiary alicyclic amines) is 1. The SMILES string of the molecule is CNC1(C)CCN(C(=O)c2cnc(C)s2)CC1. The number of hydrogen-bond acceptors (Lipinski definition) is 4. The maximum atomic E-state index is 12.2. The maximum Gasteiger partial charge on any atom is 0.265 e. The molecule has 1 aliphatic rings. The summed E-state index contributed by atoms with van der Waals surface area (Å²) < 4.78 is 0. The van der Waals surface area contributed by atoms with Crippen molar-refractivity contribution in [3.63, 3.8) is 0 Å². The molecular formula is C12H19N3OS. The Morgan fingerprint density at radius 1 is 1.53 bits per heavy atom. The van der Waals surface area contributed by atoms with Crippen molar-refractivity contribution in [1.82, 2.24) is 15.2 Å². The average Bonchev–Trinajstić information content (AvgIpc) is 2.76. The molecule has 5 heteroatoms. The third-order valence-corrected chi connectivity index (χ3v) is 4.49. The molecule has 1 aliphatic heterocycles. The summed E-state index contributed by atoms with van der Waals surface area (Å²) in [5, 5.41) is 4.29. The molecule has 1 aromatic rings. The van der Waals surface area contributed by atoms with Gasteiger partial charge in [0.1, 0.15) is 4.88 Å². The lowest BCUT2D eigenvalue weighted by molar-refractivity contribution is 0.0666. The van der Waals surface area contributed by atoms with Crippen molar-refractivity contribution < 1.29 is 4.79 Å².